The Balaban J connectivity index is 0.931. The average molecular weight is 727 g/mol. The summed E-state index contributed by atoms with van der Waals surface area (Å²) in [5.41, 5.74) is 12.9. The number of hydrogen-bond acceptors (Lipinski definition) is 5. The van der Waals surface area contributed by atoms with Crippen LogP contribution < -0.4 is 15.5 Å². The Morgan fingerprint density at radius 2 is 1.54 bits per heavy atom. The highest BCUT2D eigenvalue weighted by atomic mass is 16.3. The number of nitrogens with one attached hydrogen (secondary N) is 2. The molecule has 2 N–H and O–H groups in total. The van der Waals surface area contributed by atoms with Gasteiger partial charge in [-0.15, -0.1) is 0 Å². The highest BCUT2D eigenvalue weighted by Crippen LogP contribution is 2.48. The summed E-state index contributed by atoms with van der Waals surface area (Å²) in [4.78, 5) is 7.93. The van der Waals surface area contributed by atoms with Crippen molar-refractivity contribution in [1.29, 1.82) is 0 Å². The van der Waals surface area contributed by atoms with Gasteiger partial charge in [0.1, 0.15) is 23.2 Å². The molecule has 272 valence electrons. The maximum Gasteiger partial charge on any atom is 0.136 e. The monoisotopic (exact) mass is 726 g/mol. The molecule has 2 aliphatic heterocycles. The van der Waals surface area contributed by atoms with Crippen molar-refractivity contribution in [3.8, 4) is 22.3 Å². The second-order valence-corrected chi connectivity index (χ2v) is 15.4. The predicted octanol–water partition coefficient (Wildman–Crippen LogP) is 11.3. The standard InChI is InChI=1S/C51H42N4O/c1-4-14-33(15-5-1)36-26-28-42-41-22-10-11-24-44(41)55(45(42)31-36)39-21-12-20-37(30-39)50-52-49(35-18-8-3-9-19-35)53-51(54-50)38-27-29-43-47(32-38)56-46-25-13-23-40(48(43)46)34-16-6-2-7-17-34/h1-2,4-8,10-29,31-32,37,41,44,49-50,52H,3,9,30H2,(H,53,54). The molecule has 0 fully saturated rings. The summed E-state index contributed by atoms with van der Waals surface area (Å²) in [5, 5.41) is 10.1. The fraction of sp³-hybridized carbons (Fsp3) is 0.157. The first-order chi connectivity index (χ1) is 27.7. The summed E-state index contributed by atoms with van der Waals surface area (Å²) in [6, 6.07) is 41.5. The van der Waals surface area contributed by atoms with Crippen LogP contribution in [0.5, 0.6) is 0 Å². The van der Waals surface area contributed by atoms with Crippen LogP contribution in [0.2, 0.25) is 0 Å². The van der Waals surface area contributed by atoms with Crippen LogP contribution in [0.25, 0.3) is 44.2 Å². The molecule has 5 atom stereocenters. The van der Waals surface area contributed by atoms with Gasteiger partial charge in [-0.3, -0.25) is 5.32 Å². The first-order valence-electron chi connectivity index (χ1n) is 19.9. The van der Waals surface area contributed by atoms with Crippen LogP contribution in [0.1, 0.15) is 36.3 Å². The zero-order chi connectivity index (χ0) is 37.0. The number of aliphatic imine (C=N–C) groups is 1. The van der Waals surface area contributed by atoms with Gasteiger partial charge in [0.2, 0.25) is 0 Å². The molecule has 5 unspecified atom stereocenters. The lowest BCUT2D eigenvalue weighted by atomic mass is 9.89. The summed E-state index contributed by atoms with van der Waals surface area (Å²) in [6.45, 7) is 0. The predicted molar refractivity (Wildman–Crippen MR) is 230 cm³/mol. The van der Waals surface area contributed by atoms with Crippen molar-refractivity contribution >= 4 is 33.5 Å². The molecule has 3 aliphatic carbocycles. The summed E-state index contributed by atoms with van der Waals surface area (Å²) in [7, 11) is 0. The van der Waals surface area contributed by atoms with Crippen molar-refractivity contribution in [2.75, 3.05) is 4.90 Å². The van der Waals surface area contributed by atoms with Crippen molar-refractivity contribution in [2.24, 2.45) is 10.9 Å². The fourth-order valence-corrected chi connectivity index (χ4v) is 9.37. The topological polar surface area (TPSA) is 52.8 Å². The van der Waals surface area contributed by atoms with Gasteiger partial charge in [-0.25, -0.2) is 4.99 Å². The quantitative estimate of drug-likeness (QED) is 0.179. The molecule has 5 nitrogen and oxygen atoms in total. The Kier molecular flexibility index (Phi) is 8.06. The lowest BCUT2D eigenvalue weighted by Gasteiger charge is -2.39. The number of allylic oxidation sites excluding steroid dienone is 7. The molecule has 56 heavy (non-hydrogen) atoms. The van der Waals surface area contributed by atoms with Crippen molar-refractivity contribution in [3.63, 3.8) is 0 Å². The second-order valence-electron chi connectivity index (χ2n) is 15.4. The molecule has 1 aromatic heterocycles. The molecule has 11 rings (SSSR count). The lowest BCUT2D eigenvalue weighted by molar-refractivity contribution is 0.338. The molecular weight excluding hydrogens is 685 g/mol. The van der Waals surface area contributed by atoms with Crippen LogP contribution in [0.4, 0.5) is 5.69 Å². The Labute approximate surface area is 327 Å². The Morgan fingerprint density at radius 1 is 0.696 bits per heavy atom. The van der Waals surface area contributed by atoms with E-state index in [4.69, 9.17) is 9.41 Å². The van der Waals surface area contributed by atoms with E-state index in [1.807, 2.05) is 0 Å². The molecule has 0 bridgehead atoms. The highest BCUT2D eigenvalue weighted by molar-refractivity contribution is 6.14. The highest BCUT2D eigenvalue weighted by Gasteiger charge is 2.40. The zero-order valence-corrected chi connectivity index (χ0v) is 31.1. The lowest BCUT2D eigenvalue weighted by Crippen LogP contribution is -2.58. The number of rotatable bonds is 6. The van der Waals surface area contributed by atoms with Gasteiger partial charge in [-0.1, -0.05) is 146 Å². The zero-order valence-electron chi connectivity index (χ0n) is 31.1. The van der Waals surface area contributed by atoms with Crippen molar-refractivity contribution in [2.45, 2.75) is 43.6 Å². The van der Waals surface area contributed by atoms with E-state index in [1.165, 1.54) is 44.8 Å². The van der Waals surface area contributed by atoms with Gasteiger partial charge in [0.05, 0.1) is 12.2 Å². The van der Waals surface area contributed by atoms with Crippen molar-refractivity contribution in [1.82, 2.24) is 10.6 Å². The SMILES string of the molecule is C1=CC(C2NC(c3ccc4c(c3)oc3cccc(-c5ccccc5)c34)=NC(C3=CCCC=C3)N2)CC(N2c3cc(-c4ccccc4)ccc3C3C=CC=CC32)=C1. The van der Waals surface area contributed by atoms with Crippen LogP contribution in [0.15, 0.2) is 197 Å². The van der Waals surface area contributed by atoms with Gasteiger partial charge in [0, 0.05) is 39.6 Å². The van der Waals surface area contributed by atoms with Gasteiger partial charge < -0.3 is 14.6 Å². The number of fused-ring (bicyclic) bond motifs is 6. The molecule has 5 aromatic carbocycles. The van der Waals surface area contributed by atoms with Crippen molar-refractivity contribution < 1.29 is 4.42 Å². The van der Waals surface area contributed by atoms with E-state index in [1.54, 1.807) is 0 Å². The Morgan fingerprint density at radius 3 is 2.39 bits per heavy atom. The van der Waals surface area contributed by atoms with Gasteiger partial charge >= 0.3 is 0 Å². The third-order valence-electron chi connectivity index (χ3n) is 12.1. The number of hydrogen-bond donors (Lipinski definition) is 2. The summed E-state index contributed by atoms with van der Waals surface area (Å²) in [6.07, 6.45) is 25.7. The summed E-state index contributed by atoms with van der Waals surface area (Å²) < 4.78 is 6.56. The number of amidine groups is 1. The van der Waals surface area contributed by atoms with Gasteiger partial charge in [-0.05, 0) is 83.0 Å². The van der Waals surface area contributed by atoms with E-state index in [9.17, 15) is 0 Å². The van der Waals surface area contributed by atoms with Crippen LogP contribution in [0, 0.1) is 5.92 Å². The summed E-state index contributed by atoms with van der Waals surface area (Å²) >= 11 is 0. The third kappa shape index (κ3) is 5.70. The van der Waals surface area contributed by atoms with Crippen molar-refractivity contribution in [3.05, 3.63) is 198 Å². The maximum absolute atomic E-state index is 6.56. The molecule has 0 saturated heterocycles. The number of benzene rings is 5. The number of anilines is 1. The van der Waals surface area contributed by atoms with Crippen LogP contribution in [-0.2, 0) is 0 Å². The minimum Gasteiger partial charge on any atom is -0.456 e. The molecule has 5 aliphatic rings. The molecular formula is C51H42N4O. The van der Waals surface area contributed by atoms with E-state index in [2.05, 4.69) is 192 Å². The molecule has 0 radical (unpaired) electrons. The van der Waals surface area contributed by atoms with Crippen LogP contribution in [0.3, 0.4) is 0 Å². The largest absolute Gasteiger partial charge is 0.456 e. The van der Waals surface area contributed by atoms with E-state index >= 15 is 0 Å². The average Bonchev–Trinajstić information content (AvgIpc) is 3.82. The first kappa shape index (κ1) is 33.0. The molecule has 5 heteroatoms. The van der Waals surface area contributed by atoms with Gasteiger partial charge in [0.25, 0.3) is 0 Å². The van der Waals surface area contributed by atoms with E-state index in [0.29, 0.717) is 5.92 Å². The van der Waals surface area contributed by atoms with Crippen LogP contribution in [-0.4, -0.2) is 24.2 Å². The van der Waals surface area contributed by atoms with Gasteiger partial charge in [-0.2, -0.15) is 0 Å². The molecule has 0 spiro atoms. The number of nitrogens with zero attached hydrogens (tertiary/aromatic N) is 2. The maximum atomic E-state index is 6.56. The van der Waals surface area contributed by atoms with E-state index in [0.717, 1.165) is 52.6 Å². The van der Waals surface area contributed by atoms with Gasteiger partial charge in [0.15, 0.2) is 0 Å². The van der Waals surface area contributed by atoms with E-state index in [-0.39, 0.29) is 24.3 Å². The Bertz CT molecular complexity index is 2710. The second kappa shape index (κ2) is 13.7. The molecule has 3 heterocycles. The third-order valence-corrected chi connectivity index (χ3v) is 12.1. The fourth-order valence-electron chi connectivity index (χ4n) is 9.37. The minimum atomic E-state index is -0.164. The normalized spacial score (nSPS) is 23.8. The number of furan rings is 1. The Hall–Kier alpha value is -6.43. The van der Waals surface area contributed by atoms with Crippen LogP contribution >= 0.6 is 0 Å². The minimum absolute atomic E-state index is 0.0463. The smallest absolute Gasteiger partial charge is 0.136 e. The van der Waals surface area contributed by atoms with E-state index < -0.39 is 0 Å². The molecule has 0 amide bonds. The molecule has 0 saturated carbocycles. The first-order valence-corrected chi connectivity index (χ1v) is 19.9. The summed E-state index contributed by atoms with van der Waals surface area (Å²) in [5.74, 6) is 1.39. The molecule has 6 aromatic rings.